The van der Waals surface area contributed by atoms with E-state index in [0.717, 1.165) is 13.1 Å². The van der Waals surface area contributed by atoms with Crippen molar-refractivity contribution in [2.24, 2.45) is 0 Å². The molecule has 0 spiro atoms. The molecule has 19 heavy (non-hydrogen) atoms. The summed E-state index contributed by atoms with van der Waals surface area (Å²) in [6.45, 7) is 5.87. The molecule has 0 bridgehead atoms. The fourth-order valence-corrected chi connectivity index (χ4v) is 2.02. The molecule has 0 saturated heterocycles. The lowest BCUT2D eigenvalue weighted by molar-refractivity contribution is -0.384. The van der Waals surface area contributed by atoms with Crippen LogP contribution < -0.4 is 5.32 Å². The Morgan fingerprint density at radius 2 is 2.05 bits per heavy atom. The van der Waals surface area contributed by atoms with Crippen LogP contribution in [0.5, 0.6) is 0 Å². The lowest BCUT2D eigenvalue weighted by atomic mass is 10.3. The minimum Gasteiger partial charge on any atom is -0.324 e. The summed E-state index contributed by atoms with van der Waals surface area (Å²) in [6.07, 6.45) is 0. The van der Waals surface area contributed by atoms with Crippen molar-refractivity contribution in [3.63, 3.8) is 0 Å². The van der Waals surface area contributed by atoms with E-state index in [1.165, 1.54) is 18.2 Å². The van der Waals surface area contributed by atoms with E-state index in [1.54, 1.807) is 0 Å². The fraction of sp³-hybridized carbons (Fsp3) is 0.417. The van der Waals surface area contributed by atoms with E-state index in [4.69, 9.17) is 0 Å². The Kier molecular flexibility index (Phi) is 5.91. The average molecular weight is 330 g/mol. The first-order valence-electron chi connectivity index (χ1n) is 5.94. The molecule has 0 aliphatic carbocycles. The maximum atomic E-state index is 11.8. The Bertz CT molecular complexity index is 475. The van der Waals surface area contributed by atoms with Crippen molar-refractivity contribution in [2.75, 3.05) is 25.0 Å². The summed E-state index contributed by atoms with van der Waals surface area (Å²) >= 11 is 3.21. The van der Waals surface area contributed by atoms with E-state index >= 15 is 0 Å². The Balaban J connectivity index is 2.72. The molecule has 1 N–H and O–H groups in total. The Hall–Kier alpha value is -1.47. The highest BCUT2D eigenvalue weighted by molar-refractivity contribution is 9.10. The summed E-state index contributed by atoms with van der Waals surface area (Å²) in [5.74, 6) is -0.141. The van der Waals surface area contributed by atoms with Gasteiger partial charge in [-0.05, 0) is 35.1 Å². The number of carbonyl (C=O) groups is 1. The molecule has 0 atom stereocenters. The third-order valence-corrected chi connectivity index (χ3v) is 3.36. The minimum absolute atomic E-state index is 0.0198. The number of likely N-dealkylation sites (N-methyl/N-ethyl adjacent to an activating group) is 1. The van der Waals surface area contributed by atoms with Gasteiger partial charge in [-0.2, -0.15) is 0 Å². The predicted octanol–water partition coefficient (Wildman–Crippen LogP) is 2.64. The number of anilines is 1. The van der Waals surface area contributed by atoms with Crippen molar-refractivity contribution in [3.8, 4) is 0 Å². The molecule has 1 aromatic rings. The average Bonchev–Trinajstić information content (AvgIpc) is 2.38. The molecule has 0 aromatic heterocycles. The number of halogens is 1. The highest BCUT2D eigenvalue weighted by atomic mass is 79.9. The molecule has 0 saturated carbocycles. The molecule has 0 radical (unpaired) electrons. The fourth-order valence-electron chi connectivity index (χ4n) is 1.56. The molecule has 7 heteroatoms. The number of carbonyl (C=O) groups excluding carboxylic acids is 1. The van der Waals surface area contributed by atoms with Crippen LogP contribution in [0.15, 0.2) is 22.7 Å². The number of hydrogen-bond donors (Lipinski definition) is 1. The molecule has 0 unspecified atom stereocenters. The first kappa shape index (κ1) is 15.6. The summed E-state index contributed by atoms with van der Waals surface area (Å²) in [5, 5.41) is 13.3. The summed E-state index contributed by atoms with van der Waals surface area (Å²) in [5.41, 5.74) is 0.511. The van der Waals surface area contributed by atoms with Crippen LogP contribution in [0.4, 0.5) is 11.4 Å². The zero-order valence-corrected chi connectivity index (χ0v) is 12.4. The smallest absolute Gasteiger partial charge is 0.270 e. The first-order valence-corrected chi connectivity index (χ1v) is 6.73. The minimum atomic E-state index is -0.480. The van der Waals surface area contributed by atoms with Gasteiger partial charge in [-0.15, -0.1) is 0 Å². The van der Waals surface area contributed by atoms with Crippen LogP contribution in [0.25, 0.3) is 0 Å². The molecule has 1 rings (SSSR count). The number of nitrogens with one attached hydrogen (secondary N) is 1. The zero-order valence-electron chi connectivity index (χ0n) is 10.9. The highest BCUT2D eigenvalue weighted by Gasteiger charge is 2.12. The predicted molar refractivity (Wildman–Crippen MR) is 77.2 cm³/mol. The van der Waals surface area contributed by atoms with Gasteiger partial charge in [0.1, 0.15) is 0 Å². The van der Waals surface area contributed by atoms with Crippen LogP contribution in [0.3, 0.4) is 0 Å². The van der Waals surface area contributed by atoms with Crippen LogP contribution in [-0.4, -0.2) is 35.4 Å². The van der Waals surface area contributed by atoms with E-state index in [1.807, 2.05) is 18.7 Å². The van der Waals surface area contributed by atoms with Gasteiger partial charge >= 0.3 is 0 Å². The molecule has 6 nitrogen and oxygen atoms in total. The Labute approximate surface area is 120 Å². The van der Waals surface area contributed by atoms with Gasteiger partial charge in [0, 0.05) is 16.6 Å². The van der Waals surface area contributed by atoms with E-state index < -0.39 is 4.92 Å². The number of nitro benzene ring substituents is 1. The van der Waals surface area contributed by atoms with Gasteiger partial charge in [0.2, 0.25) is 5.91 Å². The second-order valence-electron chi connectivity index (χ2n) is 3.93. The van der Waals surface area contributed by atoms with Crippen molar-refractivity contribution in [3.05, 3.63) is 32.8 Å². The molecule has 1 amide bonds. The van der Waals surface area contributed by atoms with Crippen LogP contribution in [0, 0.1) is 10.1 Å². The number of nitrogens with zero attached hydrogens (tertiary/aromatic N) is 2. The SMILES string of the molecule is CCN(CC)CC(=O)Nc1ccc([N+](=O)[O-])cc1Br. The number of benzene rings is 1. The topological polar surface area (TPSA) is 75.5 Å². The monoisotopic (exact) mass is 329 g/mol. The van der Waals surface area contributed by atoms with E-state index in [2.05, 4.69) is 21.2 Å². The molecular formula is C12H16BrN3O3. The van der Waals surface area contributed by atoms with Crippen LogP contribution in [0.2, 0.25) is 0 Å². The molecule has 1 aromatic carbocycles. The van der Waals surface area contributed by atoms with Crippen molar-refractivity contribution >= 4 is 33.2 Å². The van der Waals surface area contributed by atoms with Crippen LogP contribution in [0.1, 0.15) is 13.8 Å². The summed E-state index contributed by atoms with van der Waals surface area (Å²) in [7, 11) is 0. The molecular weight excluding hydrogens is 314 g/mol. The second-order valence-corrected chi connectivity index (χ2v) is 4.79. The van der Waals surface area contributed by atoms with Gasteiger partial charge < -0.3 is 5.32 Å². The van der Waals surface area contributed by atoms with Crippen LogP contribution in [-0.2, 0) is 4.79 Å². The van der Waals surface area contributed by atoms with Gasteiger partial charge in [0.05, 0.1) is 17.2 Å². The standard InChI is InChI=1S/C12H16BrN3O3/c1-3-15(4-2)8-12(17)14-11-6-5-9(16(18)19)7-10(11)13/h5-7H,3-4,8H2,1-2H3,(H,14,17). The van der Waals surface area contributed by atoms with E-state index in [9.17, 15) is 14.9 Å². The number of rotatable bonds is 6. The number of non-ortho nitro benzene ring substituents is 1. The maximum absolute atomic E-state index is 11.8. The van der Waals surface area contributed by atoms with E-state index in [-0.39, 0.29) is 11.6 Å². The van der Waals surface area contributed by atoms with Gasteiger partial charge in [-0.3, -0.25) is 19.8 Å². The largest absolute Gasteiger partial charge is 0.324 e. The molecule has 0 fully saturated rings. The van der Waals surface area contributed by atoms with Crippen molar-refractivity contribution in [1.29, 1.82) is 0 Å². The van der Waals surface area contributed by atoms with Gasteiger partial charge in [0.15, 0.2) is 0 Å². The van der Waals surface area contributed by atoms with E-state index in [0.29, 0.717) is 16.7 Å². The third-order valence-electron chi connectivity index (χ3n) is 2.70. The van der Waals surface area contributed by atoms with Crippen LogP contribution >= 0.6 is 15.9 Å². The lowest BCUT2D eigenvalue weighted by Gasteiger charge is -2.17. The van der Waals surface area contributed by atoms with Crippen molar-refractivity contribution < 1.29 is 9.72 Å². The molecule has 0 aliphatic rings. The Morgan fingerprint density at radius 1 is 1.42 bits per heavy atom. The van der Waals surface area contributed by atoms with Gasteiger partial charge in [-0.1, -0.05) is 13.8 Å². The number of nitro groups is 1. The molecule has 0 aliphatic heterocycles. The van der Waals surface area contributed by atoms with Crippen molar-refractivity contribution in [1.82, 2.24) is 4.90 Å². The normalized spacial score (nSPS) is 10.5. The Morgan fingerprint density at radius 3 is 2.53 bits per heavy atom. The van der Waals surface area contributed by atoms with Gasteiger partial charge in [0.25, 0.3) is 5.69 Å². The second kappa shape index (κ2) is 7.20. The summed E-state index contributed by atoms with van der Waals surface area (Å²) < 4.78 is 0.495. The van der Waals surface area contributed by atoms with Crippen molar-refractivity contribution in [2.45, 2.75) is 13.8 Å². The number of hydrogen-bond acceptors (Lipinski definition) is 4. The molecule has 104 valence electrons. The van der Waals surface area contributed by atoms with Gasteiger partial charge in [-0.25, -0.2) is 0 Å². The third kappa shape index (κ3) is 4.60. The summed E-state index contributed by atoms with van der Waals surface area (Å²) in [4.78, 5) is 23.9. The zero-order chi connectivity index (χ0) is 14.4. The lowest BCUT2D eigenvalue weighted by Crippen LogP contribution is -2.32. The summed E-state index contributed by atoms with van der Waals surface area (Å²) in [6, 6.07) is 4.24. The number of amides is 1. The molecule has 0 heterocycles. The first-order chi connectivity index (χ1) is 8.97. The quantitative estimate of drug-likeness (QED) is 0.643. The highest BCUT2D eigenvalue weighted by Crippen LogP contribution is 2.26. The maximum Gasteiger partial charge on any atom is 0.270 e.